The molecule has 1 N–H and O–H groups in total. The van der Waals surface area contributed by atoms with Crippen molar-refractivity contribution in [1.82, 2.24) is 14.3 Å². The summed E-state index contributed by atoms with van der Waals surface area (Å²) in [5.41, 5.74) is 0. The number of hydrogen-bond acceptors (Lipinski definition) is 3. The Labute approximate surface area is 116 Å². The van der Waals surface area contributed by atoms with Crippen LogP contribution in [0.25, 0.3) is 0 Å². The molecule has 2 rings (SSSR count). The van der Waals surface area contributed by atoms with E-state index < -0.39 is 10.0 Å². The first-order chi connectivity index (χ1) is 8.44. The van der Waals surface area contributed by atoms with E-state index in [1.165, 1.54) is 12.8 Å². The molecule has 0 amide bonds. The largest absolute Gasteiger partial charge is 0.334 e. The van der Waals surface area contributed by atoms with Gasteiger partial charge in [-0.05, 0) is 32.6 Å². The van der Waals surface area contributed by atoms with Gasteiger partial charge in [0.1, 0.15) is 5.82 Å². The van der Waals surface area contributed by atoms with Gasteiger partial charge in [-0.3, -0.25) is 0 Å². The van der Waals surface area contributed by atoms with Crippen molar-refractivity contribution in [3.8, 4) is 0 Å². The second-order valence-corrected chi connectivity index (χ2v) is 7.51. The molecule has 1 aromatic heterocycles. The number of nitrogens with zero attached hydrogens (tertiary/aromatic N) is 2. The van der Waals surface area contributed by atoms with E-state index in [1.807, 2.05) is 11.5 Å². The summed E-state index contributed by atoms with van der Waals surface area (Å²) >= 11 is 3.51. The minimum Gasteiger partial charge on any atom is -0.334 e. The second-order valence-electron chi connectivity index (χ2n) is 4.62. The number of aromatic nitrogens is 2. The van der Waals surface area contributed by atoms with Gasteiger partial charge in [-0.25, -0.2) is 18.1 Å². The highest BCUT2D eigenvalue weighted by molar-refractivity contribution is 9.09. The van der Waals surface area contributed by atoms with Crippen molar-refractivity contribution in [2.24, 2.45) is 5.92 Å². The Morgan fingerprint density at radius 1 is 1.61 bits per heavy atom. The van der Waals surface area contributed by atoms with Gasteiger partial charge in [-0.2, -0.15) is 0 Å². The van der Waals surface area contributed by atoms with Crippen LogP contribution in [-0.4, -0.2) is 29.3 Å². The molecule has 1 heterocycles. The molecule has 1 unspecified atom stereocenters. The summed E-state index contributed by atoms with van der Waals surface area (Å²) in [4.78, 5) is 4.31. The fourth-order valence-corrected chi connectivity index (χ4v) is 3.79. The first kappa shape index (κ1) is 14.0. The molecule has 7 heteroatoms. The number of alkyl halides is 1. The van der Waals surface area contributed by atoms with E-state index in [2.05, 4.69) is 25.6 Å². The molecule has 1 atom stereocenters. The molecular formula is C11H18BrN3O2S. The van der Waals surface area contributed by atoms with E-state index in [-0.39, 0.29) is 9.85 Å². The maximum atomic E-state index is 12.1. The van der Waals surface area contributed by atoms with Gasteiger partial charge in [0.15, 0.2) is 5.03 Å². The number of halogens is 1. The molecule has 1 saturated carbocycles. The zero-order valence-corrected chi connectivity index (χ0v) is 13.0. The average molecular weight is 336 g/mol. The third-order valence-electron chi connectivity index (χ3n) is 3.17. The summed E-state index contributed by atoms with van der Waals surface area (Å²) in [5, 5.41) is 0.109. The van der Waals surface area contributed by atoms with E-state index in [4.69, 9.17) is 0 Å². The van der Waals surface area contributed by atoms with Crippen molar-refractivity contribution in [2.75, 3.05) is 6.54 Å². The Bertz CT molecular complexity index is 522. The quantitative estimate of drug-likeness (QED) is 0.804. The van der Waals surface area contributed by atoms with Crippen molar-refractivity contribution in [3.63, 3.8) is 0 Å². The molecule has 0 bridgehead atoms. The van der Waals surface area contributed by atoms with Crippen LogP contribution in [0.2, 0.25) is 0 Å². The normalized spacial score (nSPS) is 17.9. The molecule has 1 fully saturated rings. The van der Waals surface area contributed by atoms with Crippen LogP contribution in [0.5, 0.6) is 0 Å². The maximum absolute atomic E-state index is 12.1. The standard InChI is InChI=1S/C11H18BrN3O2S/c1-3-15-7-11(14-8(15)2)18(16,17)13-6-10(12)9-4-5-9/h7,9-10,13H,3-6H2,1-2H3. The number of imidazole rings is 1. The summed E-state index contributed by atoms with van der Waals surface area (Å²) in [6.07, 6.45) is 3.94. The predicted octanol–water partition coefficient (Wildman–Crippen LogP) is 1.66. The molecule has 102 valence electrons. The molecule has 1 aliphatic carbocycles. The van der Waals surface area contributed by atoms with E-state index in [0.29, 0.717) is 12.5 Å². The highest BCUT2D eigenvalue weighted by Gasteiger charge is 2.30. The minimum atomic E-state index is -3.48. The molecule has 0 aromatic carbocycles. The number of rotatable bonds is 6. The fourth-order valence-electron chi connectivity index (χ4n) is 1.82. The molecule has 1 aliphatic rings. The van der Waals surface area contributed by atoms with Crippen LogP contribution in [0.3, 0.4) is 0 Å². The van der Waals surface area contributed by atoms with Crippen LogP contribution in [0.1, 0.15) is 25.6 Å². The topological polar surface area (TPSA) is 64.0 Å². The summed E-state index contributed by atoms with van der Waals surface area (Å²) in [6, 6.07) is 0. The average Bonchev–Trinajstić information content (AvgIpc) is 3.09. The smallest absolute Gasteiger partial charge is 0.259 e. The van der Waals surface area contributed by atoms with Crippen LogP contribution in [0.15, 0.2) is 11.2 Å². The van der Waals surface area contributed by atoms with E-state index in [9.17, 15) is 8.42 Å². The molecule has 0 radical (unpaired) electrons. The molecule has 1 aromatic rings. The number of sulfonamides is 1. The molecule has 5 nitrogen and oxygen atoms in total. The Morgan fingerprint density at radius 2 is 2.28 bits per heavy atom. The second kappa shape index (κ2) is 5.30. The first-order valence-electron chi connectivity index (χ1n) is 6.11. The first-order valence-corrected chi connectivity index (χ1v) is 8.51. The Hall–Kier alpha value is -0.400. The van der Waals surface area contributed by atoms with Gasteiger partial charge >= 0.3 is 0 Å². The molecular weight excluding hydrogens is 318 g/mol. The van der Waals surface area contributed by atoms with Crippen molar-refractivity contribution in [2.45, 2.75) is 43.1 Å². The Morgan fingerprint density at radius 3 is 2.78 bits per heavy atom. The molecule has 0 saturated heterocycles. The number of nitrogens with one attached hydrogen (secondary N) is 1. The maximum Gasteiger partial charge on any atom is 0.259 e. The van der Waals surface area contributed by atoms with Crippen molar-refractivity contribution >= 4 is 26.0 Å². The minimum absolute atomic E-state index is 0.109. The van der Waals surface area contributed by atoms with Gasteiger partial charge in [-0.1, -0.05) is 15.9 Å². The molecule has 0 spiro atoms. The number of hydrogen-bond donors (Lipinski definition) is 1. The van der Waals surface area contributed by atoms with E-state index in [0.717, 1.165) is 12.4 Å². The van der Waals surface area contributed by atoms with Gasteiger partial charge in [0, 0.05) is 24.1 Å². The Balaban J connectivity index is 2.04. The van der Waals surface area contributed by atoms with Crippen LogP contribution >= 0.6 is 15.9 Å². The van der Waals surface area contributed by atoms with Crippen LogP contribution < -0.4 is 4.72 Å². The lowest BCUT2D eigenvalue weighted by molar-refractivity contribution is 0.574. The number of aryl methyl sites for hydroxylation is 2. The zero-order valence-electron chi connectivity index (χ0n) is 10.6. The lowest BCUT2D eigenvalue weighted by Crippen LogP contribution is -2.30. The third-order valence-corrected chi connectivity index (χ3v) is 5.54. The predicted molar refractivity (Wildman–Crippen MR) is 73.3 cm³/mol. The van der Waals surface area contributed by atoms with Gasteiger partial charge < -0.3 is 4.57 Å². The third kappa shape index (κ3) is 3.13. The van der Waals surface area contributed by atoms with Gasteiger partial charge in [-0.15, -0.1) is 0 Å². The van der Waals surface area contributed by atoms with Gasteiger partial charge in [0.05, 0.1) is 0 Å². The van der Waals surface area contributed by atoms with E-state index in [1.54, 1.807) is 13.1 Å². The highest BCUT2D eigenvalue weighted by Crippen LogP contribution is 2.36. The lowest BCUT2D eigenvalue weighted by Gasteiger charge is -2.08. The summed E-state index contributed by atoms with van der Waals surface area (Å²) < 4.78 is 28.5. The summed E-state index contributed by atoms with van der Waals surface area (Å²) in [5.74, 6) is 1.33. The van der Waals surface area contributed by atoms with Gasteiger partial charge in [0.25, 0.3) is 10.0 Å². The fraction of sp³-hybridized carbons (Fsp3) is 0.727. The summed E-state index contributed by atoms with van der Waals surface area (Å²) in [6.45, 7) is 4.91. The SMILES string of the molecule is CCn1cc(S(=O)(=O)NCC(Br)C2CC2)nc1C. The van der Waals surface area contributed by atoms with Gasteiger partial charge in [0.2, 0.25) is 0 Å². The van der Waals surface area contributed by atoms with Crippen molar-refractivity contribution < 1.29 is 8.42 Å². The van der Waals surface area contributed by atoms with E-state index >= 15 is 0 Å². The zero-order chi connectivity index (χ0) is 13.3. The molecule has 0 aliphatic heterocycles. The van der Waals surface area contributed by atoms with Crippen molar-refractivity contribution in [1.29, 1.82) is 0 Å². The molecule has 18 heavy (non-hydrogen) atoms. The van der Waals surface area contributed by atoms with Crippen LogP contribution in [-0.2, 0) is 16.6 Å². The summed E-state index contributed by atoms with van der Waals surface area (Å²) in [7, 11) is -3.48. The van der Waals surface area contributed by atoms with Crippen LogP contribution in [0.4, 0.5) is 0 Å². The highest BCUT2D eigenvalue weighted by atomic mass is 79.9. The van der Waals surface area contributed by atoms with Crippen molar-refractivity contribution in [3.05, 3.63) is 12.0 Å². The lowest BCUT2D eigenvalue weighted by atomic mass is 10.3. The Kier molecular flexibility index (Phi) is 4.13. The monoisotopic (exact) mass is 335 g/mol. The van der Waals surface area contributed by atoms with Crippen LogP contribution in [0, 0.1) is 12.8 Å².